The van der Waals surface area contributed by atoms with Crippen LogP contribution in [0.25, 0.3) is 22.2 Å². The van der Waals surface area contributed by atoms with Gasteiger partial charge in [-0.1, -0.05) is 24.3 Å². The second-order valence-electron chi connectivity index (χ2n) is 6.57. The van der Waals surface area contributed by atoms with E-state index in [4.69, 9.17) is 10.7 Å². The van der Waals surface area contributed by atoms with Gasteiger partial charge in [-0.15, -0.1) is 0 Å². The molecular weight excluding hydrogens is 314 g/mol. The minimum atomic E-state index is -0.0782. The first kappa shape index (κ1) is 15.8. The molecule has 6 nitrogen and oxygen atoms in total. The summed E-state index contributed by atoms with van der Waals surface area (Å²) in [6, 6.07) is 10.5. The van der Waals surface area contributed by atoms with Gasteiger partial charge >= 0.3 is 0 Å². The van der Waals surface area contributed by atoms with Crippen LogP contribution in [0.15, 0.2) is 41.5 Å². The van der Waals surface area contributed by atoms with E-state index in [0.29, 0.717) is 29.3 Å². The second kappa shape index (κ2) is 6.29. The minimum Gasteiger partial charge on any atom is -0.367 e. The van der Waals surface area contributed by atoms with Crippen LogP contribution in [0, 0.1) is 0 Å². The lowest BCUT2D eigenvalue weighted by Crippen LogP contribution is -2.19. The number of anilines is 1. The topological polar surface area (TPSA) is 85.8 Å². The van der Waals surface area contributed by atoms with E-state index in [1.165, 1.54) is 10.1 Å². The summed E-state index contributed by atoms with van der Waals surface area (Å²) in [4.78, 5) is 21.7. The van der Waals surface area contributed by atoms with E-state index in [-0.39, 0.29) is 5.56 Å². The molecule has 3 aromatic rings. The van der Waals surface area contributed by atoms with Crippen LogP contribution in [-0.2, 0) is 13.5 Å². The van der Waals surface area contributed by atoms with Gasteiger partial charge in [0.05, 0.1) is 17.5 Å². The summed E-state index contributed by atoms with van der Waals surface area (Å²) < 4.78 is 1.49. The molecule has 1 saturated carbocycles. The van der Waals surface area contributed by atoms with Crippen LogP contribution in [0.1, 0.15) is 18.4 Å². The largest absolute Gasteiger partial charge is 0.367 e. The number of fused-ring (bicyclic) bond motifs is 1. The van der Waals surface area contributed by atoms with Gasteiger partial charge in [-0.25, -0.2) is 9.97 Å². The zero-order valence-corrected chi connectivity index (χ0v) is 14.2. The minimum absolute atomic E-state index is 0.0782. The molecule has 0 aliphatic heterocycles. The summed E-state index contributed by atoms with van der Waals surface area (Å²) in [5, 5.41) is 3.94. The first-order valence-electron chi connectivity index (χ1n) is 8.58. The molecule has 1 fully saturated rings. The Morgan fingerprint density at radius 1 is 1.28 bits per heavy atom. The fourth-order valence-electron chi connectivity index (χ4n) is 2.90. The quantitative estimate of drug-likeness (QED) is 0.745. The highest BCUT2D eigenvalue weighted by molar-refractivity contribution is 5.91. The zero-order valence-electron chi connectivity index (χ0n) is 14.2. The van der Waals surface area contributed by atoms with Gasteiger partial charge in [-0.05, 0) is 37.4 Å². The van der Waals surface area contributed by atoms with Crippen molar-refractivity contribution in [2.45, 2.75) is 25.3 Å². The Morgan fingerprint density at radius 3 is 2.72 bits per heavy atom. The summed E-state index contributed by atoms with van der Waals surface area (Å²) in [6.45, 7) is 0.635. The summed E-state index contributed by atoms with van der Waals surface area (Å²) in [6.07, 6.45) is 4.64. The molecule has 25 heavy (non-hydrogen) atoms. The summed E-state index contributed by atoms with van der Waals surface area (Å²) in [7, 11) is 1.71. The van der Waals surface area contributed by atoms with Crippen molar-refractivity contribution in [1.82, 2.24) is 14.5 Å². The number of nitrogens with zero attached hydrogens (tertiary/aromatic N) is 3. The molecule has 4 rings (SSSR count). The molecule has 1 aliphatic rings. The molecular formula is C19H21N5O. The Kier molecular flexibility index (Phi) is 3.97. The maximum absolute atomic E-state index is 12.5. The summed E-state index contributed by atoms with van der Waals surface area (Å²) in [5.74, 6) is 0.634. The number of nitrogens with one attached hydrogen (secondary N) is 1. The number of rotatable bonds is 5. The number of aromatic nitrogens is 3. The van der Waals surface area contributed by atoms with Crippen molar-refractivity contribution in [2.24, 2.45) is 12.8 Å². The first-order chi connectivity index (χ1) is 12.2. The van der Waals surface area contributed by atoms with Gasteiger partial charge in [-0.3, -0.25) is 4.79 Å². The number of hydrogen-bond acceptors (Lipinski definition) is 5. The lowest BCUT2D eigenvalue weighted by Gasteiger charge is -2.11. The second-order valence-corrected chi connectivity index (χ2v) is 6.57. The van der Waals surface area contributed by atoms with Crippen molar-refractivity contribution in [3.63, 3.8) is 0 Å². The molecule has 6 heteroatoms. The molecule has 0 amide bonds. The molecule has 0 saturated heterocycles. The molecule has 2 heterocycles. The van der Waals surface area contributed by atoms with Crippen LogP contribution in [-0.4, -0.2) is 27.1 Å². The molecule has 0 unspecified atom stereocenters. The van der Waals surface area contributed by atoms with Crippen molar-refractivity contribution in [1.29, 1.82) is 0 Å². The number of aryl methyl sites for hydroxylation is 1. The Bertz CT molecular complexity index is 974. The molecule has 3 N–H and O–H groups in total. The van der Waals surface area contributed by atoms with E-state index >= 15 is 0 Å². The van der Waals surface area contributed by atoms with Crippen LogP contribution in [0.5, 0.6) is 0 Å². The molecule has 1 aliphatic carbocycles. The van der Waals surface area contributed by atoms with E-state index in [9.17, 15) is 4.79 Å². The van der Waals surface area contributed by atoms with Gasteiger partial charge in [0.2, 0.25) is 0 Å². The highest BCUT2D eigenvalue weighted by Crippen LogP contribution is 2.29. The maximum Gasteiger partial charge on any atom is 0.264 e. The average Bonchev–Trinajstić information content (AvgIpc) is 3.43. The van der Waals surface area contributed by atoms with Gasteiger partial charge in [-0.2, -0.15) is 0 Å². The Labute approximate surface area is 145 Å². The van der Waals surface area contributed by atoms with E-state index in [0.717, 1.165) is 30.5 Å². The van der Waals surface area contributed by atoms with E-state index in [1.807, 2.05) is 18.2 Å². The fourth-order valence-corrected chi connectivity index (χ4v) is 2.90. The van der Waals surface area contributed by atoms with E-state index < -0.39 is 0 Å². The van der Waals surface area contributed by atoms with Crippen molar-refractivity contribution < 1.29 is 0 Å². The van der Waals surface area contributed by atoms with Crippen LogP contribution < -0.4 is 16.6 Å². The Balaban J connectivity index is 1.84. The third-order valence-corrected chi connectivity index (χ3v) is 4.50. The van der Waals surface area contributed by atoms with Gasteiger partial charge in [0.15, 0.2) is 0 Å². The standard InChI is InChI=1S/C19H21N5O/c1-24-11-21-16-10-15(13-4-2-12(3-5-13)8-9-20)23-18(17(16)19(24)25)22-14-6-7-14/h2-5,10-11,14H,6-9,20H2,1H3,(H,22,23). The average molecular weight is 335 g/mol. The zero-order chi connectivity index (χ0) is 17.4. The molecule has 2 aromatic heterocycles. The third-order valence-electron chi connectivity index (χ3n) is 4.50. The molecule has 0 bridgehead atoms. The molecule has 0 atom stereocenters. The Hall–Kier alpha value is -2.73. The number of pyridine rings is 1. The molecule has 128 valence electrons. The van der Waals surface area contributed by atoms with Gasteiger partial charge in [0.1, 0.15) is 11.2 Å². The summed E-state index contributed by atoms with van der Waals surface area (Å²) in [5.41, 5.74) is 9.22. The van der Waals surface area contributed by atoms with Crippen molar-refractivity contribution in [3.05, 3.63) is 52.6 Å². The van der Waals surface area contributed by atoms with Crippen molar-refractivity contribution in [3.8, 4) is 11.3 Å². The highest BCUT2D eigenvalue weighted by Gasteiger charge is 2.24. The van der Waals surface area contributed by atoms with Crippen LogP contribution >= 0.6 is 0 Å². The van der Waals surface area contributed by atoms with E-state index in [2.05, 4.69) is 22.4 Å². The fraction of sp³-hybridized carbons (Fsp3) is 0.316. The molecule has 0 spiro atoms. The number of nitrogens with two attached hydrogens (primary N) is 1. The highest BCUT2D eigenvalue weighted by atomic mass is 16.1. The van der Waals surface area contributed by atoms with Crippen molar-refractivity contribution >= 4 is 16.7 Å². The normalized spacial score (nSPS) is 14.0. The predicted molar refractivity (Wildman–Crippen MR) is 99.6 cm³/mol. The number of benzene rings is 1. The SMILES string of the molecule is Cn1cnc2cc(-c3ccc(CCN)cc3)nc(NC3CC3)c2c1=O. The molecule has 0 radical (unpaired) electrons. The van der Waals surface area contributed by atoms with Crippen molar-refractivity contribution in [2.75, 3.05) is 11.9 Å². The smallest absolute Gasteiger partial charge is 0.264 e. The summed E-state index contributed by atoms with van der Waals surface area (Å²) >= 11 is 0. The van der Waals surface area contributed by atoms with Crippen LogP contribution in [0.4, 0.5) is 5.82 Å². The van der Waals surface area contributed by atoms with Gasteiger partial charge in [0, 0.05) is 18.7 Å². The van der Waals surface area contributed by atoms with Crippen LogP contribution in [0.3, 0.4) is 0 Å². The van der Waals surface area contributed by atoms with Gasteiger partial charge in [0.25, 0.3) is 5.56 Å². The monoisotopic (exact) mass is 335 g/mol. The Morgan fingerprint density at radius 2 is 2.04 bits per heavy atom. The molecule has 1 aromatic carbocycles. The lowest BCUT2D eigenvalue weighted by molar-refractivity contribution is 0.842. The maximum atomic E-state index is 12.5. The predicted octanol–water partition coefficient (Wildman–Crippen LogP) is 2.07. The number of hydrogen-bond donors (Lipinski definition) is 2. The van der Waals surface area contributed by atoms with Crippen LogP contribution in [0.2, 0.25) is 0 Å². The van der Waals surface area contributed by atoms with Gasteiger partial charge < -0.3 is 15.6 Å². The third kappa shape index (κ3) is 3.13. The van der Waals surface area contributed by atoms with E-state index in [1.54, 1.807) is 13.4 Å². The lowest BCUT2D eigenvalue weighted by atomic mass is 10.1. The first-order valence-corrected chi connectivity index (χ1v) is 8.58.